The SMILES string of the molecule is CCN1CCN(c2nc(C)cc(C(=O)Nc3cccc4cccnc34)n2)CC1. The Hall–Kier alpha value is -3.06. The van der Waals surface area contributed by atoms with E-state index in [0.717, 1.165) is 49.3 Å². The van der Waals surface area contributed by atoms with Crippen LogP contribution in [0.25, 0.3) is 10.9 Å². The minimum Gasteiger partial charge on any atom is -0.338 e. The first kappa shape index (κ1) is 18.3. The Bertz CT molecular complexity index is 992. The van der Waals surface area contributed by atoms with Crippen LogP contribution < -0.4 is 10.2 Å². The number of aryl methyl sites for hydroxylation is 1. The molecule has 0 bridgehead atoms. The van der Waals surface area contributed by atoms with Crippen LogP contribution in [0.5, 0.6) is 0 Å². The van der Waals surface area contributed by atoms with Gasteiger partial charge in [-0.1, -0.05) is 25.1 Å². The summed E-state index contributed by atoms with van der Waals surface area (Å²) in [4.78, 5) is 30.9. The van der Waals surface area contributed by atoms with Crippen molar-refractivity contribution in [1.82, 2.24) is 19.9 Å². The molecular formula is C21H24N6O. The highest BCUT2D eigenvalue weighted by atomic mass is 16.1. The van der Waals surface area contributed by atoms with Gasteiger partial charge in [0.25, 0.3) is 5.91 Å². The molecule has 1 amide bonds. The molecule has 3 aromatic rings. The highest BCUT2D eigenvalue weighted by molar-refractivity contribution is 6.07. The van der Waals surface area contributed by atoms with Crippen molar-refractivity contribution in [3.05, 3.63) is 54.0 Å². The quantitative estimate of drug-likeness (QED) is 0.755. The molecule has 0 radical (unpaired) electrons. The molecular weight excluding hydrogens is 352 g/mol. The number of aromatic nitrogens is 3. The van der Waals surface area contributed by atoms with Crippen LogP contribution in [-0.2, 0) is 0 Å². The molecule has 7 heteroatoms. The van der Waals surface area contributed by atoms with E-state index in [1.807, 2.05) is 37.3 Å². The molecule has 1 saturated heterocycles. The van der Waals surface area contributed by atoms with Crippen LogP contribution in [0.2, 0.25) is 0 Å². The van der Waals surface area contributed by atoms with E-state index in [0.29, 0.717) is 17.3 Å². The van der Waals surface area contributed by atoms with E-state index < -0.39 is 0 Å². The first-order valence-electron chi connectivity index (χ1n) is 9.62. The molecule has 0 atom stereocenters. The molecule has 0 saturated carbocycles. The van der Waals surface area contributed by atoms with Gasteiger partial charge in [0.15, 0.2) is 0 Å². The van der Waals surface area contributed by atoms with Crippen molar-refractivity contribution >= 4 is 28.4 Å². The molecule has 4 rings (SSSR count). The molecule has 0 unspecified atom stereocenters. The lowest BCUT2D eigenvalue weighted by atomic mass is 10.2. The first-order valence-corrected chi connectivity index (χ1v) is 9.62. The third kappa shape index (κ3) is 3.80. The Morgan fingerprint density at radius 3 is 2.68 bits per heavy atom. The number of carbonyl (C=O) groups excluding carboxylic acids is 1. The molecule has 7 nitrogen and oxygen atoms in total. The van der Waals surface area contributed by atoms with Crippen molar-refractivity contribution in [1.29, 1.82) is 0 Å². The van der Waals surface area contributed by atoms with Gasteiger partial charge in [0.1, 0.15) is 5.69 Å². The summed E-state index contributed by atoms with van der Waals surface area (Å²) >= 11 is 0. The van der Waals surface area contributed by atoms with Crippen LogP contribution in [0.15, 0.2) is 42.6 Å². The summed E-state index contributed by atoms with van der Waals surface area (Å²) in [6.07, 6.45) is 1.72. The largest absolute Gasteiger partial charge is 0.338 e. The van der Waals surface area contributed by atoms with Crippen molar-refractivity contribution in [3.63, 3.8) is 0 Å². The van der Waals surface area contributed by atoms with Gasteiger partial charge in [-0.25, -0.2) is 9.97 Å². The number of anilines is 2. The second-order valence-corrected chi connectivity index (χ2v) is 6.95. The first-order chi connectivity index (χ1) is 13.6. The number of benzene rings is 1. The number of rotatable bonds is 4. The molecule has 3 heterocycles. The van der Waals surface area contributed by atoms with Gasteiger partial charge < -0.3 is 15.1 Å². The van der Waals surface area contributed by atoms with E-state index in [1.165, 1.54) is 0 Å². The fourth-order valence-corrected chi connectivity index (χ4v) is 3.47. The predicted octanol–water partition coefficient (Wildman–Crippen LogP) is 2.73. The number of nitrogens with one attached hydrogen (secondary N) is 1. The van der Waals surface area contributed by atoms with Gasteiger partial charge >= 0.3 is 0 Å². The Morgan fingerprint density at radius 1 is 1.11 bits per heavy atom. The molecule has 1 aliphatic heterocycles. The molecule has 1 N–H and O–H groups in total. The predicted molar refractivity (Wildman–Crippen MR) is 111 cm³/mol. The lowest BCUT2D eigenvalue weighted by Crippen LogP contribution is -2.47. The molecule has 0 aliphatic carbocycles. The molecule has 1 aliphatic rings. The number of likely N-dealkylation sites (N-methyl/N-ethyl adjacent to an activating group) is 1. The van der Waals surface area contributed by atoms with Crippen LogP contribution in [0.4, 0.5) is 11.6 Å². The molecule has 1 fully saturated rings. The van der Waals surface area contributed by atoms with E-state index in [1.54, 1.807) is 12.3 Å². The monoisotopic (exact) mass is 376 g/mol. The number of nitrogens with zero attached hydrogens (tertiary/aromatic N) is 5. The van der Waals surface area contributed by atoms with Crippen LogP contribution in [-0.4, -0.2) is 58.5 Å². The Labute approximate surface area is 164 Å². The van der Waals surface area contributed by atoms with Crippen molar-refractivity contribution in [2.75, 3.05) is 42.9 Å². The van der Waals surface area contributed by atoms with Crippen LogP contribution in [0, 0.1) is 6.92 Å². The Kier molecular flexibility index (Phi) is 5.16. The van der Waals surface area contributed by atoms with E-state index in [4.69, 9.17) is 0 Å². The van der Waals surface area contributed by atoms with Crippen molar-refractivity contribution in [2.45, 2.75) is 13.8 Å². The summed E-state index contributed by atoms with van der Waals surface area (Å²) in [6.45, 7) is 8.81. The normalized spacial score (nSPS) is 15.0. The summed E-state index contributed by atoms with van der Waals surface area (Å²) in [5.74, 6) is 0.369. The van der Waals surface area contributed by atoms with Crippen LogP contribution >= 0.6 is 0 Å². The van der Waals surface area contributed by atoms with Crippen LogP contribution in [0.3, 0.4) is 0 Å². The number of fused-ring (bicyclic) bond motifs is 1. The zero-order chi connectivity index (χ0) is 19.5. The van der Waals surface area contributed by atoms with E-state index >= 15 is 0 Å². The van der Waals surface area contributed by atoms with Gasteiger partial charge in [-0.2, -0.15) is 0 Å². The highest BCUT2D eigenvalue weighted by Crippen LogP contribution is 2.21. The zero-order valence-corrected chi connectivity index (χ0v) is 16.2. The third-order valence-electron chi connectivity index (χ3n) is 5.06. The van der Waals surface area contributed by atoms with E-state index in [9.17, 15) is 4.79 Å². The summed E-state index contributed by atoms with van der Waals surface area (Å²) in [5.41, 5.74) is 2.59. The number of pyridine rings is 1. The van der Waals surface area contributed by atoms with Gasteiger partial charge in [-0.3, -0.25) is 9.78 Å². The Morgan fingerprint density at radius 2 is 1.89 bits per heavy atom. The van der Waals surface area contributed by atoms with Gasteiger partial charge in [0, 0.05) is 43.5 Å². The van der Waals surface area contributed by atoms with Crippen LogP contribution in [0.1, 0.15) is 23.1 Å². The summed E-state index contributed by atoms with van der Waals surface area (Å²) in [5, 5.41) is 3.94. The van der Waals surface area contributed by atoms with E-state index in [2.05, 4.69) is 37.0 Å². The van der Waals surface area contributed by atoms with E-state index in [-0.39, 0.29) is 5.91 Å². The fourth-order valence-electron chi connectivity index (χ4n) is 3.47. The standard InChI is InChI=1S/C21H24N6O/c1-3-26-10-12-27(13-11-26)21-23-15(2)14-18(25-21)20(28)24-17-8-4-6-16-7-5-9-22-19(16)17/h4-9,14H,3,10-13H2,1-2H3,(H,24,28). The number of hydrogen-bond acceptors (Lipinski definition) is 6. The lowest BCUT2D eigenvalue weighted by Gasteiger charge is -2.34. The maximum Gasteiger partial charge on any atom is 0.274 e. The number of piperazine rings is 1. The summed E-state index contributed by atoms with van der Waals surface area (Å²) in [7, 11) is 0. The fraction of sp³-hybridized carbons (Fsp3) is 0.333. The number of amides is 1. The van der Waals surface area contributed by atoms with Crippen molar-refractivity contribution in [3.8, 4) is 0 Å². The number of hydrogen-bond donors (Lipinski definition) is 1. The van der Waals surface area contributed by atoms with Gasteiger partial charge in [0.2, 0.25) is 5.95 Å². The maximum atomic E-state index is 12.9. The summed E-state index contributed by atoms with van der Waals surface area (Å²) in [6, 6.07) is 11.3. The van der Waals surface area contributed by atoms with Gasteiger partial charge in [0.05, 0.1) is 11.2 Å². The van der Waals surface area contributed by atoms with Crippen molar-refractivity contribution < 1.29 is 4.79 Å². The second-order valence-electron chi connectivity index (χ2n) is 6.95. The third-order valence-corrected chi connectivity index (χ3v) is 5.06. The average molecular weight is 376 g/mol. The topological polar surface area (TPSA) is 74.2 Å². The smallest absolute Gasteiger partial charge is 0.274 e. The van der Waals surface area contributed by atoms with Crippen molar-refractivity contribution in [2.24, 2.45) is 0 Å². The minimum absolute atomic E-state index is 0.253. The highest BCUT2D eigenvalue weighted by Gasteiger charge is 2.20. The molecule has 1 aromatic carbocycles. The molecule has 144 valence electrons. The average Bonchev–Trinajstić information content (AvgIpc) is 2.73. The number of para-hydroxylation sites is 1. The molecule has 2 aromatic heterocycles. The summed E-state index contributed by atoms with van der Waals surface area (Å²) < 4.78 is 0. The number of carbonyl (C=O) groups is 1. The molecule has 28 heavy (non-hydrogen) atoms. The Balaban J connectivity index is 1.57. The van der Waals surface area contributed by atoms with Gasteiger partial charge in [-0.15, -0.1) is 0 Å². The zero-order valence-electron chi connectivity index (χ0n) is 16.2. The second kappa shape index (κ2) is 7.90. The minimum atomic E-state index is -0.253. The lowest BCUT2D eigenvalue weighted by molar-refractivity contribution is 0.102. The molecule has 0 spiro atoms. The van der Waals surface area contributed by atoms with Gasteiger partial charge in [-0.05, 0) is 31.7 Å². The maximum absolute atomic E-state index is 12.9.